The van der Waals surface area contributed by atoms with Gasteiger partial charge in [-0.25, -0.2) is 19.9 Å². The van der Waals surface area contributed by atoms with Crippen LogP contribution in [0.2, 0.25) is 0 Å². The van der Waals surface area contributed by atoms with E-state index in [-0.39, 0.29) is 11.9 Å². The van der Waals surface area contributed by atoms with E-state index in [0.717, 1.165) is 18.3 Å². The fraction of sp³-hybridized carbons (Fsp3) is 0.471. The summed E-state index contributed by atoms with van der Waals surface area (Å²) >= 11 is 0. The molecule has 4 rings (SSSR count). The smallest absolute Gasteiger partial charge is 0.273 e. The number of anilines is 1. The number of carbonyl (C=O) groups is 1. The van der Waals surface area contributed by atoms with Gasteiger partial charge in [0.1, 0.15) is 23.9 Å². The number of ether oxygens (including phenoxy) is 1. The van der Waals surface area contributed by atoms with Crippen LogP contribution < -0.4 is 5.32 Å². The first-order valence-corrected chi connectivity index (χ1v) is 8.53. The van der Waals surface area contributed by atoms with Gasteiger partial charge < -0.3 is 15.0 Å². The standard InChI is InChI=1S/C17H20N6O2/c24-17(13-3-5-18-11-21-13)23-7-8-25-10-14(23)16-19-6-4-15(22-16)20-9-12-1-2-12/h3-6,11-12,14H,1-2,7-10H2,(H,19,20,22). The Kier molecular flexibility index (Phi) is 4.51. The molecule has 1 saturated carbocycles. The Labute approximate surface area is 145 Å². The molecule has 0 aromatic carbocycles. The topological polar surface area (TPSA) is 93.1 Å². The maximum absolute atomic E-state index is 12.8. The van der Waals surface area contributed by atoms with Crippen LogP contribution in [0.3, 0.4) is 0 Å². The normalized spacial score (nSPS) is 20.3. The van der Waals surface area contributed by atoms with Crippen molar-refractivity contribution in [1.82, 2.24) is 24.8 Å². The lowest BCUT2D eigenvalue weighted by Gasteiger charge is -2.34. The summed E-state index contributed by atoms with van der Waals surface area (Å²) in [6, 6.07) is 3.15. The molecule has 2 aliphatic rings. The van der Waals surface area contributed by atoms with Gasteiger partial charge in [-0.15, -0.1) is 0 Å². The molecule has 1 aliphatic carbocycles. The molecule has 2 aromatic heterocycles. The highest BCUT2D eigenvalue weighted by Gasteiger charge is 2.32. The summed E-state index contributed by atoms with van der Waals surface area (Å²) in [5.41, 5.74) is 0.366. The van der Waals surface area contributed by atoms with Crippen LogP contribution in [0.25, 0.3) is 0 Å². The maximum atomic E-state index is 12.8. The minimum Gasteiger partial charge on any atom is -0.377 e. The SMILES string of the molecule is O=C(c1ccncn1)N1CCOCC1c1nccc(NCC2CC2)n1. The second kappa shape index (κ2) is 7.10. The Morgan fingerprint density at radius 2 is 2.20 bits per heavy atom. The molecular weight excluding hydrogens is 320 g/mol. The maximum Gasteiger partial charge on any atom is 0.273 e. The predicted molar refractivity (Wildman–Crippen MR) is 89.9 cm³/mol. The first kappa shape index (κ1) is 15.9. The van der Waals surface area contributed by atoms with E-state index in [4.69, 9.17) is 4.74 Å². The number of morpholine rings is 1. The van der Waals surface area contributed by atoms with E-state index < -0.39 is 0 Å². The van der Waals surface area contributed by atoms with Gasteiger partial charge in [-0.05, 0) is 30.9 Å². The van der Waals surface area contributed by atoms with E-state index >= 15 is 0 Å². The van der Waals surface area contributed by atoms with Gasteiger partial charge in [-0.1, -0.05) is 0 Å². The number of aromatic nitrogens is 4. The molecule has 1 aliphatic heterocycles. The lowest BCUT2D eigenvalue weighted by atomic mass is 10.2. The molecule has 3 heterocycles. The Morgan fingerprint density at radius 1 is 1.28 bits per heavy atom. The summed E-state index contributed by atoms with van der Waals surface area (Å²) in [5.74, 6) is 1.97. The predicted octanol–water partition coefficient (Wildman–Crippen LogP) is 1.30. The van der Waals surface area contributed by atoms with E-state index in [1.807, 2.05) is 6.07 Å². The molecule has 2 fully saturated rings. The fourth-order valence-corrected chi connectivity index (χ4v) is 2.83. The van der Waals surface area contributed by atoms with Gasteiger partial charge in [0.25, 0.3) is 5.91 Å². The Balaban J connectivity index is 1.54. The summed E-state index contributed by atoms with van der Waals surface area (Å²) < 4.78 is 5.57. The second-order valence-electron chi connectivity index (χ2n) is 6.31. The number of carbonyl (C=O) groups excluding carboxylic acids is 1. The highest BCUT2D eigenvalue weighted by atomic mass is 16.5. The third kappa shape index (κ3) is 3.74. The fourth-order valence-electron chi connectivity index (χ4n) is 2.83. The first-order valence-electron chi connectivity index (χ1n) is 8.53. The molecule has 25 heavy (non-hydrogen) atoms. The minimum atomic E-state index is -0.320. The van der Waals surface area contributed by atoms with E-state index in [0.29, 0.717) is 31.3 Å². The number of hydrogen-bond acceptors (Lipinski definition) is 7. The molecular formula is C17H20N6O2. The molecule has 1 unspecified atom stereocenters. The molecule has 130 valence electrons. The molecule has 0 spiro atoms. The highest BCUT2D eigenvalue weighted by Crippen LogP contribution is 2.29. The third-order valence-corrected chi connectivity index (χ3v) is 4.43. The number of rotatable bonds is 5. The summed E-state index contributed by atoms with van der Waals surface area (Å²) in [5, 5.41) is 3.35. The highest BCUT2D eigenvalue weighted by molar-refractivity contribution is 5.92. The van der Waals surface area contributed by atoms with Gasteiger partial charge in [-0.2, -0.15) is 0 Å². The molecule has 1 amide bonds. The molecule has 8 heteroatoms. The van der Waals surface area contributed by atoms with Crippen LogP contribution in [0.4, 0.5) is 5.82 Å². The number of nitrogens with zero attached hydrogens (tertiary/aromatic N) is 5. The molecule has 1 N–H and O–H groups in total. The van der Waals surface area contributed by atoms with Crippen molar-refractivity contribution >= 4 is 11.7 Å². The molecule has 0 bridgehead atoms. The van der Waals surface area contributed by atoms with Gasteiger partial charge in [0.15, 0.2) is 5.82 Å². The zero-order valence-electron chi connectivity index (χ0n) is 13.8. The van der Waals surface area contributed by atoms with Crippen LogP contribution in [-0.2, 0) is 4.74 Å². The summed E-state index contributed by atoms with van der Waals surface area (Å²) in [7, 11) is 0. The van der Waals surface area contributed by atoms with Gasteiger partial charge in [0, 0.05) is 25.5 Å². The zero-order chi connectivity index (χ0) is 17.1. The minimum absolute atomic E-state index is 0.157. The van der Waals surface area contributed by atoms with Crippen molar-refractivity contribution in [3.05, 3.63) is 42.4 Å². The summed E-state index contributed by atoms with van der Waals surface area (Å²) in [6.07, 6.45) is 7.22. The van der Waals surface area contributed by atoms with Crippen molar-refractivity contribution < 1.29 is 9.53 Å². The quantitative estimate of drug-likeness (QED) is 0.877. The average molecular weight is 340 g/mol. The van der Waals surface area contributed by atoms with Crippen molar-refractivity contribution in [2.45, 2.75) is 18.9 Å². The van der Waals surface area contributed by atoms with E-state index in [9.17, 15) is 4.79 Å². The third-order valence-electron chi connectivity index (χ3n) is 4.43. The van der Waals surface area contributed by atoms with Crippen molar-refractivity contribution in [1.29, 1.82) is 0 Å². The lowest BCUT2D eigenvalue weighted by Crippen LogP contribution is -2.44. The molecule has 0 radical (unpaired) electrons. The van der Waals surface area contributed by atoms with Gasteiger partial charge in [0.2, 0.25) is 0 Å². The lowest BCUT2D eigenvalue weighted by molar-refractivity contribution is -0.00550. The van der Waals surface area contributed by atoms with Crippen LogP contribution in [0.5, 0.6) is 0 Å². The van der Waals surface area contributed by atoms with Crippen molar-refractivity contribution in [3.63, 3.8) is 0 Å². The molecule has 8 nitrogen and oxygen atoms in total. The molecule has 1 atom stereocenters. The number of amides is 1. The number of nitrogens with one attached hydrogen (secondary N) is 1. The Morgan fingerprint density at radius 3 is 3.00 bits per heavy atom. The zero-order valence-corrected chi connectivity index (χ0v) is 13.8. The van der Waals surface area contributed by atoms with Gasteiger partial charge in [-0.3, -0.25) is 4.79 Å². The average Bonchev–Trinajstić information content (AvgIpc) is 3.51. The summed E-state index contributed by atoms with van der Waals surface area (Å²) in [6.45, 7) is 2.29. The van der Waals surface area contributed by atoms with Gasteiger partial charge >= 0.3 is 0 Å². The second-order valence-corrected chi connectivity index (χ2v) is 6.31. The van der Waals surface area contributed by atoms with Crippen LogP contribution in [0.15, 0.2) is 30.9 Å². The van der Waals surface area contributed by atoms with Crippen LogP contribution >= 0.6 is 0 Å². The molecule has 1 saturated heterocycles. The van der Waals surface area contributed by atoms with E-state index in [1.165, 1.54) is 19.2 Å². The van der Waals surface area contributed by atoms with Crippen LogP contribution in [0.1, 0.15) is 35.2 Å². The monoisotopic (exact) mass is 340 g/mol. The Hall–Kier alpha value is -2.61. The molecule has 2 aromatic rings. The van der Waals surface area contributed by atoms with E-state index in [2.05, 4.69) is 25.3 Å². The van der Waals surface area contributed by atoms with Crippen molar-refractivity contribution in [3.8, 4) is 0 Å². The number of hydrogen-bond donors (Lipinski definition) is 1. The first-order chi connectivity index (χ1) is 12.3. The van der Waals surface area contributed by atoms with Crippen LogP contribution in [-0.4, -0.2) is 57.0 Å². The van der Waals surface area contributed by atoms with Crippen molar-refractivity contribution in [2.24, 2.45) is 5.92 Å². The van der Waals surface area contributed by atoms with Crippen molar-refractivity contribution in [2.75, 3.05) is 31.6 Å². The van der Waals surface area contributed by atoms with E-state index in [1.54, 1.807) is 23.4 Å². The largest absolute Gasteiger partial charge is 0.377 e. The summed E-state index contributed by atoms with van der Waals surface area (Å²) in [4.78, 5) is 31.4. The Bertz CT molecular complexity index is 737. The van der Waals surface area contributed by atoms with Gasteiger partial charge in [0.05, 0.1) is 13.2 Å². The van der Waals surface area contributed by atoms with Crippen LogP contribution in [0, 0.1) is 5.92 Å².